The van der Waals surface area contributed by atoms with E-state index in [0.717, 1.165) is 10.9 Å². The molecule has 19 heavy (non-hydrogen) atoms. The van der Waals surface area contributed by atoms with Crippen molar-refractivity contribution in [3.63, 3.8) is 0 Å². The van der Waals surface area contributed by atoms with Gasteiger partial charge in [0.2, 0.25) is 0 Å². The van der Waals surface area contributed by atoms with E-state index in [-0.39, 0.29) is 5.54 Å². The second-order valence-electron chi connectivity index (χ2n) is 6.31. The van der Waals surface area contributed by atoms with Gasteiger partial charge in [0.1, 0.15) is 5.54 Å². The first kappa shape index (κ1) is 13.8. The lowest BCUT2D eigenvalue weighted by molar-refractivity contribution is -0.930. The minimum Gasteiger partial charge on any atom is -0.322 e. The number of hydrogen-bond donors (Lipinski definition) is 0. The van der Waals surface area contributed by atoms with E-state index in [9.17, 15) is 0 Å². The van der Waals surface area contributed by atoms with Crippen molar-refractivity contribution in [3.05, 3.63) is 71.8 Å². The molecule has 0 aliphatic heterocycles. The Morgan fingerprint density at radius 1 is 0.789 bits per heavy atom. The van der Waals surface area contributed by atoms with Gasteiger partial charge in [-0.1, -0.05) is 60.7 Å². The van der Waals surface area contributed by atoms with Gasteiger partial charge in [-0.2, -0.15) is 0 Å². The molecular weight excluding hydrogens is 230 g/mol. The van der Waals surface area contributed by atoms with Crippen molar-refractivity contribution in [2.24, 2.45) is 0 Å². The molecule has 1 atom stereocenters. The Morgan fingerprint density at radius 3 is 1.74 bits per heavy atom. The third-order valence-electron chi connectivity index (χ3n) is 4.27. The first-order valence-electron chi connectivity index (χ1n) is 6.84. The molecule has 1 heteroatoms. The van der Waals surface area contributed by atoms with Gasteiger partial charge in [0, 0.05) is 12.0 Å². The van der Waals surface area contributed by atoms with Crippen LogP contribution in [0.1, 0.15) is 18.1 Å². The maximum atomic E-state index is 2.36. The Morgan fingerprint density at radius 2 is 1.26 bits per heavy atom. The smallest absolute Gasteiger partial charge is 0.125 e. The summed E-state index contributed by atoms with van der Waals surface area (Å²) >= 11 is 0. The first-order valence-corrected chi connectivity index (χ1v) is 6.84. The van der Waals surface area contributed by atoms with Crippen molar-refractivity contribution >= 4 is 0 Å². The number of likely N-dealkylation sites (N-methyl/N-ethyl adjacent to an activating group) is 1. The fourth-order valence-corrected chi connectivity index (χ4v) is 2.52. The quantitative estimate of drug-likeness (QED) is 0.727. The monoisotopic (exact) mass is 254 g/mol. The van der Waals surface area contributed by atoms with Crippen molar-refractivity contribution in [3.8, 4) is 0 Å². The molecule has 1 nitrogen and oxygen atoms in total. The normalized spacial score (nSPS) is 14.9. The van der Waals surface area contributed by atoms with Crippen molar-refractivity contribution in [2.45, 2.75) is 18.9 Å². The lowest BCUT2D eigenvalue weighted by atomic mass is 9.83. The molecule has 0 heterocycles. The second kappa shape index (κ2) is 5.18. The van der Waals surface area contributed by atoms with E-state index in [1.165, 1.54) is 11.1 Å². The van der Waals surface area contributed by atoms with Gasteiger partial charge in [0.15, 0.2) is 0 Å². The number of nitrogens with zero attached hydrogens (tertiary/aromatic N) is 1. The molecule has 0 amide bonds. The van der Waals surface area contributed by atoms with Gasteiger partial charge in [-0.05, 0) is 12.5 Å². The molecule has 0 aliphatic carbocycles. The average Bonchev–Trinajstić information content (AvgIpc) is 2.39. The topological polar surface area (TPSA) is 0 Å². The van der Waals surface area contributed by atoms with Crippen LogP contribution in [0, 0.1) is 0 Å². The van der Waals surface area contributed by atoms with Crippen LogP contribution in [-0.4, -0.2) is 25.6 Å². The standard InChI is InChI=1S/C18H24N/c1-18(19(2,3)4,17-13-9-6-10-14-17)15-16-11-7-5-8-12-16/h5-14H,15H2,1-4H3/q+1. The Labute approximate surface area is 117 Å². The summed E-state index contributed by atoms with van der Waals surface area (Å²) < 4.78 is 0.909. The number of rotatable bonds is 4. The Kier molecular flexibility index (Phi) is 3.77. The highest BCUT2D eigenvalue weighted by atomic mass is 15.3. The highest BCUT2D eigenvalue weighted by Gasteiger charge is 2.39. The molecule has 0 spiro atoms. The van der Waals surface area contributed by atoms with Crippen LogP contribution < -0.4 is 0 Å². The summed E-state index contributed by atoms with van der Waals surface area (Å²) in [6.45, 7) is 2.36. The molecule has 100 valence electrons. The summed E-state index contributed by atoms with van der Waals surface area (Å²) in [7, 11) is 6.82. The molecule has 0 saturated heterocycles. The third-order valence-corrected chi connectivity index (χ3v) is 4.27. The largest absolute Gasteiger partial charge is 0.322 e. The summed E-state index contributed by atoms with van der Waals surface area (Å²) in [6.07, 6.45) is 1.04. The van der Waals surface area contributed by atoms with Gasteiger partial charge in [0.25, 0.3) is 0 Å². The van der Waals surface area contributed by atoms with E-state index in [4.69, 9.17) is 0 Å². The Hall–Kier alpha value is -1.60. The minimum atomic E-state index is 0.0720. The van der Waals surface area contributed by atoms with E-state index in [1.807, 2.05) is 0 Å². The second-order valence-corrected chi connectivity index (χ2v) is 6.31. The lowest BCUT2D eigenvalue weighted by Gasteiger charge is -2.44. The third kappa shape index (κ3) is 2.87. The van der Waals surface area contributed by atoms with E-state index in [0.29, 0.717) is 0 Å². The first-order chi connectivity index (χ1) is 8.93. The molecule has 2 rings (SSSR count). The predicted molar refractivity (Wildman–Crippen MR) is 82.0 cm³/mol. The fourth-order valence-electron chi connectivity index (χ4n) is 2.52. The predicted octanol–water partition coefficient (Wildman–Crippen LogP) is 3.85. The maximum Gasteiger partial charge on any atom is 0.125 e. The highest BCUT2D eigenvalue weighted by Crippen LogP contribution is 2.34. The molecule has 0 radical (unpaired) electrons. The van der Waals surface area contributed by atoms with Crippen LogP contribution in [0.3, 0.4) is 0 Å². The molecule has 1 unspecified atom stereocenters. The zero-order valence-corrected chi connectivity index (χ0v) is 12.4. The van der Waals surface area contributed by atoms with Gasteiger partial charge in [0.05, 0.1) is 21.1 Å². The van der Waals surface area contributed by atoms with E-state index >= 15 is 0 Å². The zero-order valence-electron chi connectivity index (χ0n) is 12.4. The van der Waals surface area contributed by atoms with Crippen LogP contribution in [0.4, 0.5) is 0 Å². The molecular formula is C18H24N+. The molecule has 0 bridgehead atoms. The van der Waals surface area contributed by atoms with Crippen LogP contribution in [0.15, 0.2) is 60.7 Å². The van der Waals surface area contributed by atoms with Crippen molar-refractivity contribution in [1.29, 1.82) is 0 Å². The summed E-state index contributed by atoms with van der Waals surface area (Å²) in [5.74, 6) is 0. The summed E-state index contributed by atoms with van der Waals surface area (Å²) in [5.41, 5.74) is 2.86. The van der Waals surface area contributed by atoms with Crippen LogP contribution in [0.25, 0.3) is 0 Å². The molecule has 0 aromatic heterocycles. The number of quaternary nitrogens is 1. The Balaban J connectivity index is 2.42. The molecule has 0 fully saturated rings. The van der Waals surface area contributed by atoms with Crippen LogP contribution in [0.2, 0.25) is 0 Å². The maximum absolute atomic E-state index is 2.36. The summed E-state index contributed by atoms with van der Waals surface area (Å²) in [5, 5.41) is 0. The van der Waals surface area contributed by atoms with Crippen molar-refractivity contribution < 1.29 is 4.48 Å². The highest BCUT2D eigenvalue weighted by molar-refractivity contribution is 5.26. The van der Waals surface area contributed by atoms with Crippen molar-refractivity contribution in [1.82, 2.24) is 0 Å². The lowest BCUT2D eigenvalue weighted by Crippen LogP contribution is -2.54. The van der Waals surface area contributed by atoms with Gasteiger partial charge >= 0.3 is 0 Å². The van der Waals surface area contributed by atoms with Gasteiger partial charge < -0.3 is 4.48 Å². The van der Waals surface area contributed by atoms with Gasteiger partial charge in [-0.3, -0.25) is 0 Å². The van der Waals surface area contributed by atoms with E-state index in [2.05, 4.69) is 88.7 Å². The van der Waals surface area contributed by atoms with Crippen LogP contribution >= 0.6 is 0 Å². The molecule has 0 N–H and O–H groups in total. The molecule has 0 saturated carbocycles. The zero-order chi connectivity index (χ0) is 13.9. The fraction of sp³-hybridized carbons (Fsp3) is 0.333. The SMILES string of the molecule is CC(Cc1ccccc1)(c1ccccc1)[N+](C)(C)C. The molecule has 0 aliphatic rings. The van der Waals surface area contributed by atoms with Gasteiger partial charge in [-0.15, -0.1) is 0 Å². The summed E-state index contributed by atoms with van der Waals surface area (Å²) in [6, 6.07) is 21.6. The summed E-state index contributed by atoms with van der Waals surface area (Å²) in [4.78, 5) is 0. The minimum absolute atomic E-state index is 0.0720. The number of hydrogen-bond acceptors (Lipinski definition) is 0. The van der Waals surface area contributed by atoms with E-state index in [1.54, 1.807) is 0 Å². The Bertz CT molecular complexity index is 510. The van der Waals surface area contributed by atoms with Crippen molar-refractivity contribution in [2.75, 3.05) is 21.1 Å². The molecule has 2 aromatic rings. The van der Waals surface area contributed by atoms with Crippen LogP contribution in [0.5, 0.6) is 0 Å². The molecule has 2 aromatic carbocycles. The van der Waals surface area contributed by atoms with E-state index < -0.39 is 0 Å². The van der Waals surface area contributed by atoms with Crippen LogP contribution in [-0.2, 0) is 12.0 Å². The van der Waals surface area contributed by atoms with Gasteiger partial charge in [-0.25, -0.2) is 0 Å². The number of benzene rings is 2. The average molecular weight is 254 g/mol.